The zero-order valence-electron chi connectivity index (χ0n) is 16.9. The molecular formula is C22H33FN4O. The summed E-state index contributed by atoms with van der Waals surface area (Å²) in [6.07, 6.45) is 5.47. The lowest BCUT2D eigenvalue weighted by molar-refractivity contribution is 0.0168. The van der Waals surface area contributed by atoms with E-state index in [1.165, 1.54) is 31.7 Å². The molecule has 2 aliphatic heterocycles. The molecule has 154 valence electrons. The van der Waals surface area contributed by atoms with Crippen LogP contribution in [0.15, 0.2) is 29.3 Å². The van der Waals surface area contributed by atoms with Crippen molar-refractivity contribution in [2.45, 2.75) is 31.7 Å². The summed E-state index contributed by atoms with van der Waals surface area (Å²) in [6.45, 7) is 6.16. The van der Waals surface area contributed by atoms with Gasteiger partial charge >= 0.3 is 0 Å². The minimum Gasteiger partial charge on any atom is -0.379 e. The van der Waals surface area contributed by atoms with Gasteiger partial charge in [0.05, 0.1) is 19.3 Å². The third-order valence-corrected chi connectivity index (χ3v) is 6.66. The highest BCUT2D eigenvalue weighted by Gasteiger charge is 2.35. The van der Waals surface area contributed by atoms with Gasteiger partial charge in [-0.1, -0.05) is 25.0 Å². The number of ether oxygens (including phenoxy) is 1. The largest absolute Gasteiger partial charge is 0.379 e. The molecule has 3 aliphatic rings. The van der Waals surface area contributed by atoms with E-state index >= 15 is 0 Å². The first kappa shape index (κ1) is 19.6. The lowest BCUT2D eigenvalue weighted by atomic mass is 9.82. The molecule has 1 aliphatic carbocycles. The highest BCUT2D eigenvalue weighted by molar-refractivity contribution is 5.80. The van der Waals surface area contributed by atoms with E-state index in [0.29, 0.717) is 0 Å². The molecule has 2 saturated heterocycles. The summed E-state index contributed by atoms with van der Waals surface area (Å²) in [5.41, 5.74) is 1.01. The van der Waals surface area contributed by atoms with E-state index in [1.807, 2.05) is 13.1 Å². The van der Waals surface area contributed by atoms with Gasteiger partial charge in [-0.05, 0) is 42.4 Å². The van der Waals surface area contributed by atoms with Gasteiger partial charge in [-0.2, -0.15) is 0 Å². The number of guanidine groups is 1. The molecule has 1 N–H and O–H groups in total. The number of hydrogen-bond donors (Lipinski definition) is 1. The Bertz CT molecular complexity index is 662. The number of benzene rings is 1. The molecule has 1 aromatic carbocycles. The van der Waals surface area contributed by atoms with Gasteiger partial charge in [-0.25, -0.2) is 4.39 Å². The Balaban J connectivity index is 1.44. The predicted molar refractivity (Wildman–Crippen MR) is 110 cm³/mol. The Morgan fingerprint density at radius 2 is 1.93 bits per heavy atom. The van der Waals surface area contributed by atoms with Gasteiger partial charge in [0.1, 0.15) is 5.82 Å². The van der Waals surface area contributed by atoms with Crippen LogP contribution in [0.25, 0.3) is 0 Å². The number of likely N-dealkylation sites (tertiary alicyclic amines) is 1. The number of hydrogen-bond acceptors (Lipinski definition) is 3. The van der Waals surface area contributed by atoms with Crippen LogP contribution < -0.4 is 5.32 Å². The molecule has 1 saturated carbocycles. The standard InChI is InChI=1S/C22H33FN4O/c1-24-22(27-15-18-5-2-3-6-19(18)16-27)25-14-21(26-9-11-28-12-10-26)17-7-4-8-20(23)13-17/h4,7-8,13,18-19,21H,2-3,5-6,9-12,14-16H2,1H3,(H,24,25). The quantitative estimate of drug-likeness (QED) is 0.636. The maximum atomic E-state index is 13.9. The second-order valence-corrected chi connectivity index (χ2v) is 8.36. The van der Waals surface area contributed by atoms with Crippen LogP contribution in [0.2, 0.25) is 0 Å². The number of halogens is 1. The van der Waals surface area contributed by atoms with Crippen molar-refractivity contribution < 1.29 is 9.13 Å². The molecule has 0 bridgehead atoms. The van der Waals surface area contributed by atoms with Crippen molar-refractivity contribution in [1.29, 1.82) is 0 Å². The molecule has 3 fully saturated rings. The Morgan fingerprint density at radius 1 is 1.21 bits per heavy atom. The first-order valence-electron chi connectivity index (χ1n) is 10.8. The molecule has 1 aromatic rings. The monoisotopic (exact) mass is 388 g/mol. The third-order valence-electron chi connectivity index (χ3n) is 6.66. The van der Waals surface area contributed by atoms with Crippen LogP contribution in [-0.4, -0.2) is 68.7 Å². The van der Waals surface area contributed by atoms with Crippen molar-refractivity contribution >= 4 is 5.96 Å². The van der Waals surface area contributed by atoms with Crippen LogP contribution >= 0.6 is 0 Å². The number of nitrogens with zero attached hydrogens (tertiary/aromatic N) is 3. The number of nitrogens with one attached hydrogen (secondary N) is 1. The lowest BCUT2D eigenvalue weighted by Crippen LogP contribution is -2.47. The summed E-state index contributed by atoms with van der Waals surface area (Å²) in [6, 6.07) is 7.12. The fourth-order valence-corrected chi connectivity index (χ4v) is 5.16. The van der Waals surface area contributed by atoms with Gasteiger partial charge in [0.2, 0.25) is 0 Å². The van der Waals surface area contributed by atoms with Crippen LogP contribution in [0.5, 0.6) is 0 Å². The molecule has 0 amide bonds. The summed E-state index contributed by atoms with van der Waals surface area (Å²) in [7, 11) is 1.87. The highest BCUT2D eigenvalue weighted by Crippen LogP contribution is 2.36. The van der Waals surface area contributed by atoms with Gasteiger partial charge in [0.15, 0.2) is 5.96 Å². The fourth-order valence-electron chi connectivity index (χ4n) is 5.16. The van der Waals surface area contributed by atoms with E-state index in [0.717, 1.165) is 69.3 Å². The maximum Gasteiger partial charge on any atom is 0.193 e. The third kappa shape index (κ3) is 4.49. The van der Waals surface area contributed by atoms with Gasteiger partial charge in [0, 0.05) is 39.8 Å². The van der Waals surface area contributed by atoms with Crippen LogP contribution in [-0.2, 0) is 4.74 Å². The number of aliphatic imine (C=N–C) groups is 1. The van der Waals surface area contributed by atoms with Crippen LogP contribution in [0.1, 0.15) is 37.3 Å². The zero-order chi connectivity index (χ0) is 19.3. The van der Waals surface area contributed by atoms with Gasteiger partial charge in [-0.15, -0.1) is 0 Å². The Hall–Kier alpha value is -1.66. The lowest BCUT2D eigenvalue weighted by Gasteiger charge is -2.35. The minimum atomic E-state index is -0.177. The smallest absolute Gasteiger partial charge is 0.193 e. The first-order valence-corrected chi connectivity index (χ1v) is 10.8. The van der Waals surface area contributed by atoms with Crippen molar-refractivity contribution in [3.05, 3.63) is 35.6 Å². The summed E-state index contributed by atoms with van der Waals surface area (Å²) in [5, 5.41) is 3.61. The summed E-state index contributed by atoms with van der Waals surface area (Å²) in [5.74, 6) is 2.46. The van der Waals surface area contributed by atoms with E-state index < -0.39 is 0 Å². The average molecular weight is 389 g/mol. The molecular weight excluding hydrogens is 355 g/mol. The fraction of sp³-hybridized carbons (Fsp3) is 0.682. The van der Waals surface area contributed by atoms with Crippen LogP contribution in [0.4, 0.5) is 4.39 Å². The molecule has 4 rings (SSSR count). The van der Waals surface area contributed by atoms with Crippen LogP contribution in [0, 0.1) is 17.7 Å². The predicted octanol–water partition coefficient (Wildman–Crippen LogP) is 2.90. The Labute approximate surface area is 167 Å². The van der Waals surface area contributed by atoms with Crippen molar-refractivity contribution in [2.24, 2.45) is 16.8 Å². The van der Waals surface area contributed by atoms with E-state index in [4.69, 9.17) is 4.74 Å². The van der Waals surface area contributed by atoms with E-state index in [-0.39, 0.29) is 11.9 Å². The topological polar surface area (TPSA) is 40.1 Å². The van der Waals surface area contributed by atoms with Crippen molar-refractivity contribution in [3.8, 4) is 0 Å². The molecule has 3 unspecified atom stereocenters. The van der Waals surface area contributed by atoms with Gasteiger partial charge in [-0.3, -0.25) is 9.89 Å². The van der Waals surface area contributed by atoms with Crippen molar-refractivity contribution in [2.75, 3.05) is 53.0 Å². The second-order valence-electron chi connectivity index (χ2n) is 8.36. The summed E-state index contributed by atoms with van der Waals surface area (Å²) in [4.78, 5) is 9.39. The number of morpholine rings is 1. The van der Waals surface area contributed by atoms with E-state index in [2.05, 4.69) is 20.1 Å². The van der Waals surface area contributed by atoms with E-state index in [1.54, 1.807) is 12.1 Å². The molecule has 28 heavy (non-hydrogen) atoms. The molecule has 0 aromatic heterocycles. The SMILES string of the molecule is CN=C(NCC(c1cccc(F)c1)N1CCOCC1)N1CC2CCCCC2C1. The molecule has 5 nitrogen and oxygen atoms in total. The average Bonchev–Trinajstić information content (AvgIpc) is 3.16. The minimum absolute atomic E-state index is 0.112. The molecule has 0 radical (unpaired) electrons. The Morgan fingerprint density at radius 3 is 2.57 bits per heavy atom. The number of rotatable bonds is 4. The normalized spacial score (nSPS) is 27.5. The maximum absolute atomic E-state index is 13.9. The zero-order valence-corrected chi connectivity index (χ0v) is 16.9. The van der Waals surface area contributed by atoms with Crippen LogP contribution in [0.3, 0.4) is 0 Å². The van der Waals surface area contributed by atoms with E-state index in [9.17, 15) is 4.39 Å². The van der Waals surface area contributed by atoms with Gasteiger partial charge < -0.3 is 15.0 Å². The van der Waals surface area contributed by atoms with Crippen molar-refractivity contribution in [1.82, 2.24) is 15.1 Å². The molecule has 3 atom stereocenters. The molecule has 0 spiro atoms. The summed E-state index contributed by atoms with van der Waals surface area (Å²) >= 11 is 0. The Kier molecular flexibility index (Phi) is 6.47. The summed E-state index contributed by atoms with van der Waals surface area (Å²) < 4.78 is 19.4. The van der Waals surface area contributed by atoms with Gasteiger partial charge in [0.25, 0.3) is 0 Å². The van der Waals surface area contributed by atoms with Crippen molar-refractivity contribution in [3.63, 3.8) is 0 Å². The molecule has 2 heterocycles. The molecule has 6 heteroatoms. The second kappa shape index (κ2) is 9.23. The highest BCUT2D eigenvalue weighted by atomic mass is 19.1. The number of fused-ring (bicyclic) bond motifs is 1. The first-order chi connectivity index (χ1) is 13.7.